The highest BCUT2D eigenvalue weighted by Crippen LogP contribution is 2.38. The molecule has 0 aromatic heterocycles. The number of fused-ring (bicyclic) bond motifs is 1. The highest BCUT2D eigenvalue weighted by molar-refractivity contribution is 6.02. The van der Waals surface area contributed by atoms with E-state index < -0.39 is 5.97 Å². The molecule has 0 saturated carbocycles. The summed E-state index contributed by atoms with van der Waals surface area (Å²) in [7, 11) is 3.18. The van der Waals surface area contributed by atoms with Crippen LogP contribution in [0.2, 0.25) is 0 Å². The molecule has 2 aliphatic rings. The van der Waals surface area contributed by atoms with Gasteiger partial charge in [0.15, 0.2) is 0 Å². The summed E-state index contributed by atoms with van der Waals surface area (Å²) in [4.78, 5) is 12.3. The van der Waals surface area contributed by atoms with Crippen LogP contribution in [0.25, 0.3) is 11.1 Å². The molecule has 2 rings (SSSR count). The lowest BCUT2D eigenvalue weighted by Gasteiger charge is -2.10. The first kappa shape index (κ1) is 16.9. The minimum Gasteiger partial charge on any atom is -0.462 e. The van der Waals surface area contributed by atoms with Gasteiger partial charge in [-0.1, -0.05) is 18.2 Å². The Hall–Kier alpha value is -2.42. The number of ether oxygens (including phenoxy) is 3. The van der Waals surface area contributed by atoms with Crippen LogP contribution in [0.1, 0.15) is 34.0 Å². The molecule has 120 valence electrons. The highest BCUT2D eigenvalue weighted by atomic mass is 16.5. The van der Waals surface area contributed by atoms with Gasteiger partial charge in [-0.25, -0.2) is 4.79 Å². The molecule has 0 saturated heterocycles. The Morgan fingerprint density at radius 1 is 1.13 bits per heavy atom. The Labute approximate surface area is 135 Å². The van der Waals surface area contributed by atoms with Gasteiger partial charge < -0.3 is 14.2 Å². The minimum absolute atomic E-state index is 0.275. The number of carbonyl (C=O) groups excluding carboxylic acids is 1. The van der Waals surface area contributed by atoms with Crippen molar-refractivity contribution >= 4 is 5.97 Å². The predicted molar refractivity (Wildman–Crippen MR) is 85.2 cm³/mol. The van der Waals surface area contributed by atoms with Gasteiger partial charge in [0.1, 0.15) is 0 Å². The van der Waals surface area contributed by atoms with Gasteiger partial charge in [-0.05, 0) is 24.1 Å². The summed E-state index contributed by atoms with van der Waals surface area (Å²) >= 11 is 0. The third kappa shape index (κ3) is 3.34. The topological polar surface area (TPSA) is 68.6 Å². The summed E-state index contributed by atoms with van der Waals surface area (Å²) in [5.74, 6) is -0.439. The maximum Gasteiger partial charge on any atom is 0.338 e. The van der Waals surface area contributed by atoms with Gasteiger partial charge in [-0.15, -0.1) is 0 Å². The Morgan fingerprint density at radius 2 is 1.74 bits per heavy atom. The number of rotatable bonds is 6. The molecule has 0 spiro atoms. The van der Waals surface area contributed by atoms with Crippen molar-refractivity contribution in [3.8, 4) is 17.2 Å². The molecule has 5 heteroatoms. The summed E-state index contributed by atoms with van der Waals surface area (Å²) in [5, 5.41) is 9.48. The molecule has 0 amide bonds. The largest absolute Gasteiger partial charge is 0.462 e. The number of nitrogens with zero attached hydrogens (tertiary/aromatic N) is 1. The van der Waals surface area contributed by atoms with Crippen LogP contribution in [0, 0.1) is 11.3 Å². The molecule has 0 atom stereocenters. The zero-order valence-corrected chi connectivity index (χ0v) is 13.5. The SMILES string of the molecule is CCOC(=O)c1cc(C#N)c2c(COC)cccc(COC)c1-2. The molecular weight excluding hydrogens is 294 g/mol. The van der Waals surface area contributed by atoms with Crippen LogP contribution < -0.4 is 0 Å². The van der Waals surface area contributed by atoms with Crippen LogP contribution in [0.4, 0.5) is 0 Å². The summed E-state index contributed by atoms with van der Waals surface area (Å²) in [6.07, 6.45) is 0. The molecule has 0 fully saturated rings. The highest BCUT2D eigenvalue weighted by Gasteiger charge is 2.26. The fourth-order valence-electron chi connectivity index (χ4n) is 2.68. The second-order valence-electron chi connectivity index (χ2n) is 5.00. The molecule has 0 aromatic rings. The maximum atomic E-state index is 12.3. The molecule has 0 aliphatic heterocycles. The summed E-state index contributed by atoms with van der Waals surface area (Å²) in [6, 6.07) is 9.40. The first-order chi connectivity index (χ1) is 11.2. The lowest BCUT2D eigenvalue weighted by atomic mass is 9.99. The van der Waals surface area contributed by atoms with E-state index in [1.165, 1.54) is 0 Å². The van der Waals surface area contributed by atoms with E-state index in [0.717, 1.165) is 16.7 Å². The van der Waals surface area contributed by atoms with Crippen LogP contribution in [-0.4, -0.2) is 26.8 Å². The number of hydrogen-bond acceptors (Lipinski definition) is 5. The lowest BCUT2D eigenvalue weighted by molar-refractivity contribution is 0.0527. The average molecular weight is 313 g/mol. The quantitative estimate of drug-likeness (QED) is 0.766. The second-order valence-corrected chi connectivity index (χ2v) is 5.00. The van der Waals surface area contributed by atoms with E-state index in [0.29, 0.717) is 29.9 Å². The van der Waals surface area contributed by atoms with Crippen molar-refractivity contribution in [2.24, 2.45) is 0 Å². The van der Waals surface area contributed by atoms with Crippen LogP contribution >= 0.6 is 0 Å². The first-order valence-corrected chi connectivity index (χ1v) is 7.30. The van der Waals surface area contributed by atoms with Crippen molar-refractivity contribution < 1.29 is 19.0 Å². The molecule has 0 radical (unpaired) electrons. The monoisotopic (exact) mass is 313 g/mol. The summed E-state index contributed by atoms with van der Waals surface area (Å²) in [6.45, 7) is 2.70. The Kier molecular flexibility index (Phi) is 5.69. The van der Waals surface area contributed by atoms with Gasteiger partial charge >= 0.3 is 5.97 Å². The van der Waals surface area contributed by atoms with Crippen molar-refractivity contribution in [3.63, 3.8) is 0 Å². The maximum absolute atomic E-state index is 12.3. The van der Waals surface area contributed by atoms with Gasteiger partial charge in [0.25, 0.3) is 0 Å². The zero-order valence-electron chi connectivity index (χ0n) is 13.5. The van der Waals surface area contributed by atoms with Crippen LogP contribution in [-0.2, 0) is 27.4 Å². The van der Waals surface area contributed by atoms with Gasteiger partial charge in [0.2, 0.25) is 0 Å². The normalized spacial score (nSPS) is 10.5. The fourth-order valence-corrected chi connectivity index (χ4v) is 2.68. The molecule has 0 bridgehead atoms. The standard InChI is InChI=1S/C18H19NO4/c1-4-23-18(20)15-8-14(9-19)16-12(10-21-2)6-5-7-13(11-22-3)17(15)16/h5-8H,4,10-11H2,1-3H3. The van der Waals surface area contributed by atoms with E-state index in [2.05, 4.69) is 6.07 Å². The van der Waals surface area contributed by atoms with E-state index in [9.17, 15) is 10.1 Å². The molecule has 0 aromatic carbocycles. The molecule has 0 heterocycles. The molecule has 0 N–H and O–H groups in total. The van der Waals surface area contributed by atoms with Crippen molar-refractivity contribution in [3.05, 3.63) is 46.5 Å². The van der Waals surface area contributed by atoms with E-state index in [-0.39, 0.29) is 6.61 Å². The van der Waals surface area contributed by atoms with Crippen LogP contribution in [0.3, 0.4) is 0 Å². The molecule has 23 heavy (non-hydrogen) atoms. The molecule has 0 unspecified atom stereocenters. The van der Waals surface area contributed by atoms with Crippen molar-refractivity contribution in [1.29, 1.82) is 5.26 Å². The van der Waals surface area contributed by atoms with Crippen LogP contribution in [0.15, 0.2) is 24.3 Å². The lowest BCUT2D eigenvalue weighted by Crippen LogP contribution is -2.05. The third-order valence-electron chi connectivity index (χ3n) is 3.53. The first-order valence-electron chi connectivity index (χ1n) is 7.30. The molecular formula is C18H19NO4. The van der Waals surface area contributed by atoms with E-state index in [1.807, 2.05) is 18.2 Å². The van der Waals surface area contributed by atoms with E-state index in [4.69, 9.17) is 14.2 Å². The van der Waals surface area contributed by atoms with Gasteiger partial charge in [-0.3, -0.25) is 0 Å². The smallest absolute Gasteiger partial charge is 0.338 e. The van der Waals surface area contributed by atoms with Crippen molar-refractivity contribution in [1.82, 2.24) is 0 Å². The number of methoxy groups -OCH3 is 2. The number of esters is 1. The van der Waals surface area contributed by atoms with E-state index in [1.54, 1.807) is 27.2 Å². The molecule has 5 nitrogen and oxygen atoms in total. The van der Waals surface area contributed by atoms with E-state index >= 15 is 0 Å². The second kappa shape index (κ2) is 7.73. The number of hydrogen-bond donors (Lipinski definition) is 0. The van der Waals surface area contributed by atoms with Gasteiger partial charge in [-0.2, -0.15) is 5.26 Å². The predicted octanol–water partition coefficient (Wildman–Crippen LogP) is 3.13. The average Bonchev–Trinajstić information content (AvgIpc) is 2.84. The Morgan fingerprint density at radius 3 is 2.26 bits per heavy atom. The fraction of sp³-hybridized carbons (Fsp3) is 0.333. The van der Waals surface area contributed by atoms with Gasteiger partial charge in [0.05, 0.1) is 37.0 Å². The van der Waals surface area contributed by atoms with Gasteiger partial charge in [0, 0.05) is 25.3 Å². The summed E-state index contributed by atoms with van der Waals surface area (Å²) in [5.41, 5.74) is 3.90. The number of nitriles is 1. The minimum atomic E-state index is -0.439. The zero-order chi connectivity index (χ0) is 16.8. The Balaban J connectivity index is 2.77. The summed E-state index contributed by atoms with van der Waals surface area (Å²) < 4.78 is 15.6. The van der Waals surface area contributed by atoms with Crippen molar-refractivity contribution in [2.75, 3.05) is 20.8 Å². The Bertz CT molecular complexity index is 718. The van der Waals surface area contributed by atoms with Crippen molar-refractivity contribution in [2.45, 2.75) is 20.1 Å². The van der Waals surface area contributed by atoms with Crippen LogP contribution in [0.5, 0.6) is 0 Å². The third-order valence-corrected chi connectivity index (χ3v) is 3.53. The number of carbonyl (C=O) groups is 1. The molecule has 2 aliphatic carbocycles.